The Hall–Kier alpha value is -2.89. The maximum Gasteiger partial charge on any atom is 0.254 e. The van der Waals surface area contributed by atoms with Crippen LogP contribution in [0, 0.1) is 0 Å². The Balaban J connectivity index is 1.77. The number of imidazole rings is 1. The van der Waals surface area contributed by atoms with Crippen molar-refractivity contribution in [2.75, 3.05) is 0 Å². The lowest BCUT2D eigenvalue weighted by Gasteiger charge is -2.10. The molecule has 1 amide bonds. The molecule has 0 saturated carbocycles. The predicted molar refractivity (Wildman–Crippen MR) is 73.3 cm³/mol. The predicted octanol–water partition coefficient (Wildman–Crippen LogP) is 1.53. The van der Waals surface area contributed by atoms with Crippen molar-refractivity contribution in [1.29, 1.82) is 0 Å². The quantitative estimate of drug-likeness (QED) is 0.752. The topological polar surface area (TPSA) is 75.6 Å². The van der Waals surface area contributed by atoms with Crippen LogP contribution in [0.5, 0.6) is 0 Å². The highest BCUT2D eigenvalue weighted by molar-refractivity contribution is 5.93. The molecule has 0 saturated heterocycles. The maximum absolute atomic E-state index is 11.9. The third kappa shape index (κ3) is 2.44. The summed E-state index contributed by atoms with van der Waals surface area (Å²) in [6.07, 6.45) is 8.39. The van der Waals surface area contributed by atoms with Gasteiger partial charge in [-0.25, -0.2) is 4.98 Å². The molecule has 0 unspecified atom stereocenters. The van der Waals surface area contributed by atoms with Crippen molar-refractivity contribution < 1.29 is 4.79 Å². The van der Waals surface area contributed by atoms with E-state index in [0.29, 0.717) is 12.1 Å². The van der Waals surface area contributed by atoms with E-state index in [9.17, 15) is 4.79 Å². The lowest BCUT2D eigenvalue weighted by atomic mass is 10.1. The Labute approximate surface area is 115 Å². The number of aromatic nitrogens is 4. The van der Waals surface area contributed by atoms with Crippen LogP contribution in [-0.2, 0) is 6.54 Å². The molecule has 0 aliphatic heterocycles. The van der Waals surface area contributed by atoms with Crippen molar-refractivity contribution in [1.82, 2.24) is 25.1 Å². The minimum absolute atomic E-state index is 0.154. The van der Waals surface area contributed by atoms with Crippen LogP contribution in [0.15, 0.2) is 55.4 Å². The molecule has 0 aliphatic carbocycles. The van der Waals surface area contributed by atoms with Gasteiger partial charge in [0.25, 0.3) is 5.91 Å². The molecule has 20 heavy (non-hydrogen) atoms. The number of carbonyl (C=O) groups is 1. The van der Waals surface area contributed by atoms with E-state index in [0.717, 1.165) is 11.3 Å². The molecule has 2 aromatic heterocycles. The molecule has 0 atom stereocenters. The van der Waals surface area contributed by atoms with Crippen LogP contribution in [0.3, 0.4) is 0 Å². The SMILES string of the molecule is O=C(NCc1ccccc1-n1ccnc1)c1cn[nH]c1. The molecule has 3 aromatic rings. The normalized spacial score (nSPS) is 10.4. The molecule has 0 aliphatic rings. The summed E-state index contributed by atoms with van der Waals surface area (Å²) >= 11 is 0. The maximum atomic E-state index is 11.9. The van der Waals surface area contributed by atoms with E-state index in [2.05, 4.69) is 20.5 Å². The number of amides is 1. The van der Waals surface area contributed by atoms with E-state index in [1.54, 1.807) is 18.7 Å². The zero-order valence-corrected chi connectivity index (χ0v) is 10.7. The van der Waals surface area contributed by atoms with Gasteiger partial charge in [0.15, 0.2) is 0 Å². The number of nitrogens with zero attached hydrogens (tertiary/aromatic N) is 3. The van der Waals surface area contributed by atoms with Gasteiger partial charge in [0.05, 0.1) is 23.8 Å². The van der Waals surface area contributed by atoms with Gasteiger partial charge in [0.1, 0.15) is 0 Å². The van der Waals surface area contributed by atoms with Crippen LogP contribution < -0.4 is 5.32 Å². The van der Waals surface area contributed by atoms with Gasteiger partial charge in [-0.1, -0.05) is 18.2 Å². The van der Waals surface area contributed by atoms with E-state index >= 15 is 0 Å². The highest BCUT2D eigenvalue weighted by Crippen LogP contribution is 2.13. The molecule has 2 N–H and O–H groups in total. The van der Waals surface area contributed by atoms with Crippen LogP contribution >= 0.6 is 0 Å². The first-order valence-corrected chi connectivity index (χ1v) is 6.18. The number of nitrogens with one attached hydrogen (secondary N) is 2. The minimum atomic E-state index is -0.154. The molecule has 6 nitrogen and oxygen atoms in total. The summed E-state index contributed by atoms with van der Waals surface area (Å²) in [5.41, 5.74) is 2.53. The molecule has 0 spiro atoms. The van der Waals surface area contributed by atoms with Crippen LogP contribution in [0.4, 0.5) is 0 Å². The Bertz CT molecular complexity index is 688. The Morgan fingerprint density at radius 3 is 3.00 bits per heavy atom. The molecule has 1 aromatic carbocycles. The molecule has 0 bridgehead atoms. The van der Waals surface area contributed by atoms with Gasteiger partial charge in [0.2, 0.25) is 0 Å². The number of benzene rings is 1. The van der Waals surface area contributed by atoms with Crippen molar-refractivity contribution in [2.24, 2.45) is 0 Å². The molecular weight excluding hydrogens is 254 g/mol. The Morgan fingerprint density at radius 2 is 2.25 bits per heavy atom. The third-order valence-electron chi connectivity index (χ3n) is 2.97. The van der Waals surface area contributed by atoms with Crippen LogP contribution in [0.25, 0.3) is 5.69 Å². The summed E-state index contributed by atoms with van der Waals surface area (Å²) in [6, 6.07) is 7.86. The van der Waals surface area contributed by atoms with Crippen LogP contribution in [0.2, 0.25) is 0 Å². The molecular formula is C14H13N5O. The summed E-state index contributed by atoms with van der Waals surface area (Å²) in [6.45, 7) is 0.443. The Kier molecular flexibility index (Phi) is 3.28. The molecule has 6 heteroatoms. The number of carbonyl (C=O) groups excluding carboxylic acids is 1. The van der Waals surface area contributed by atoms with Gasteiger partial charge >= 0.3 is 0 Å². The average molecular weight is 267 g/mol. The van der Waals surface area contributed by atoms with Gasteiger partial charge in [-0.2, -0.15) is 5.10 Å². The average Bonchev–Trinajstić information content (AvgIpc) is 3.17. The standard InChI is InChI=1S/C14H13N5O/c20-14(12-8-17-18-9-12)16-7-11-3-1-2-4-13(11)19-6-5-15-10-19/h1-6,8-10H,7H2,(H,16,20)(H,17,18). The number of aromatic amines is 1. The van der Waals surface area contributed by atoms with Crippen LogP contribution in [-0.4, -0.2) is 25.7 Å². The van der Waals surface area contributed by atoms with Gasteiger partial charge in [0, 0.05) is 25.1 Å². The van der Waals surface area contributed by atoms with Gasteiger partial charge in [-0.05, 0) is 11.6 Å². The fraction of sp³-hybridized carbons (Fsp3) is 0.0714. The van der Waals surface area contributed by atoms with Gasteiger partial charge in [-0.15, -0.1) is 0 Å². The first-order valence-electron chi connectivity index (χ1n) is 6.18. The van der Waals surface area contributed by atoms with Gasteiger partial charge < -0.3 is 9.88 Å². The largest absolute Gasteiger partial charge is 0.348 e. The highest BCUT2D eigenvalue weighted by atomic mass is 16.1. The number of H-pyrrole nitrogens is 1. The van der Waals surface area contributed by atoms with E-state index in [1.165, 1.54) is 6.20 Å². The summed E-state index contributed by atoms with van der Waals surface area (Å²) in [5.74, 6) is -0.154. The molecule has 0 radical (unpaired) electrons. The lowest BCUT2D eigenvalue weighted by molar-refractivity contribution is 0.0951. The molecule has 0 fully saturated rings. The summed E-state index contributed by atoms with van der Waals surface area (Å²) in [5, 5.41) is 9.25. The van der Waals surface area contributed by atoms with E-state index < -0.39 is 0 Å². The van der Waals surface area contributed by atoms with Crippen molar-refractivity contribution >= 4 is 5.91 Å². The number of rotatable bonds is 4. The number of hydrogen-bond acceptors (Lipinski definition) is 3. The highest BCUT2D eigenvalue weighted by Gasteiger charge is 2.08. The summed E-state index contributed by atoms with van der Waals surface area (Å²) < 4.78 is 1.92. The number of hydrogen-bond donors (Lipinski definition) is 2. The van der Waals surface area contributed by atoms with E-state index in [1.807, 2.05) is 35.0 Å². The second kappa shape index (κ2) is 5.40. The number of para-hydroxylation sites is 1. The van der Waals surface area contributed by atoms with Crippen molar-refractivity contribution in [3.8, 4) is 5.69 Å². The van der Waals surface area contributed by atoms with E-state index in [4.69, 9.17) is 0 Å². The first-order chi connectivity index (χ1) is 9.84. The van der Waals surface area contributed by atoms with Crippen molar-refractivity contribution in [3.63, 3.8) is 0 Å². The minimum Gasteiger partial charge on any atom is -0.348 e. The second-order valence-electron chi connectivity index (χ2n) is 4.27. The molecule has 3 rings (SSSR count). The van der Waals surface area contributed by atoms with Crippen LogP contribution in [0.1, 0.15) is 15.9 Å². The van der Waals surface area contributed by atoms with Gasteiger partial charge in [-0.3, -0.25) is 9.89 Å². The van der Waals surface area contributed by atoms with E-state index in [-0.39, 0.29) is 5.91 Å². The zero-order valence-electron chi connectivity index (χ0n) is 10.7. The fourth-order valence-electron chi connectivity index (χ4n) is 1.97. The molecule has 2 heterocycles. The van der Waals surface area contributed by atoms with Crippen molar-refractivity contribution in [3.05, 3.63) is 66.5 Å². The second-order valence-corrected chi connectivity index (χ2v) is 4.27. The monoisotopic (exact) mass is 267 g/mol. The smallest absolute Gasteiger partial charge is 0.254 e. The summed E-state index contributed by atoms with van der Waals surface area (Å²) in [7, 11) is 0. The first kappa shape index (κ1) is 12.2. The van der Waals surface area contributed by atoms with Crippen molar-refractivity contribution in [2.45, 2.75) is 6.54 Å². The third-order valence-corrected chi connectivity index (χ3v) is 2.97. The fourth-order valence-corrected chi connectivity index (χ4v) is 1.97. The molecule has 100 valence electrons. The zero-order chi connectivity index (χ0) is 13.8. The summed E-state index contributed by atoms with van der Waals surface area (Å²) in [4.78, 5) is 15.9. The lowest BCUT2D eigenvalue weighted by Crippen LogP contribution is -2.23. The Morgan fingerprint density at radius 1 is 1.35 bits per heavy atom.